The van der Waals surface area contributed by atoms with Gasteiger partial charge in [0.05, 0.1) is 7.11 Å². The van der Waals surface area contributed by atoms with E-state index in [0.717, 1.165) is 10.0 Å². The maximum Gasteiger partial charge on any atom is 0.276 e. The zero-order valence-electron chi connectivity index (χ0n) is 15.8. The minimum absolute atomic E-state index is 0.0773. The lowest BCUT2D eigenvalue weighted by Gasteiger charge is -2.13. The fourth-order valence-corrected chi connectivity index (χ4v) is 2.51. The van der Waals surface area contributed by atoms with Crippen LogP contribution in [-0.2, 0) is 9.59 Å². The second-order valence-electron chi connectivity index (χ2n) is 5.69. The molecule has 154 valence electrons. The molecule has 0 aliphatic heterocycles. The van der Waals surface area contributed by atoms with Crippen molar-refractivity contribution in [1.82, 2.24) is 16.2 Å². The first kappa shape index (κ1) is 22.4. The van der Waals surface area contributed by atoms with E-state index < -0.39 is 11.8 Å². The van der Waals surface area contributed by atoms with Gasteiger partial charge in [-0.2, -0.15) is 0 Å². The molecule has 8 nitrogen and oxygen atoms in total. The Bertz CT molecular complexity index is 894. The van der Waals surface area contributed by atoms with Crippen molar-refractivity contribution >= 4 is 45.1 Å². The first-order valence-electron chi connectivity index (χ1n) is 8.42. The lowest BCUT2D eigenvalue weighted by molar-refractivity contribution is -0.124. The van der Waals surface area contributed by atoms with Crippen LogP contribution in [0.2, 0.25) is 0 Å². The molecule has 0 bridgehead atoms. The highest BCUT2D eigenvalue weighted by atomic mass is 79.9. The van der Waals surface area contributed by atoms with Crippen molar-refractivity contribution in [2.75, 3.05) is 20.3 Å². The van der Waals surface area contributed by atoms with Crippen LogP contribution in [-0.4, -0.2) is 37.3 Å². The smallest absolute Gasteiger partial charge is 0.276 e. The number of carbonyl (C=O) groups excluding carboxylic acids is 2. The Morgan fingerprint density at radius 2 is 1.69 bits per heavy atom. The highest BCUT2D eigenvalue weighted by Crippen LogP contribution is 2.25. The predicted octanol–water partition coefficient (Wildman–Crippen LogP) is 2.25. The molecule has 2 aromatic carbocycles. The first-order valence-corrected chi connectivity index (χ1v) is 9.62. The van der Waals surface area contributed by atoms with Gasteiger partial charge in [-0.3, -0.25) is 25.8 Å². The number of thiocarbonyl (C=S) groups is 1. The van der Waals surface area contributed by atoms with Gasteiger partial charge >= 0.3 is 0 Å². The number of amides is 2. The molecule has 0 spiro atoms. The van der Waals surface area contributed by atoms with Gasteiger partial charge in [0.2, 0.25) is 0 Å². The van der Waals surface area contributed by atoms with Crippen molar-refractivity contribution in [3.8, 4) is 17.2 Å². The zero-order valence-corrected chi connectivity index (χ0v) is 18.2. The summed E-state index contributed by atoms with van der Waals surface area (Å²) in [6.45, 7) is 1.42. The molecule has 0 heterocycles. The van der Waals surface area contributed by atoms with E-state index in [9.17, 15) is 9.59 Å². The minimum atomic E-state index is -0.496. The van der Waals surface area contributed by atoms with Gasteiger partial charge < -0.3 is 14.2 Å². The van der Waals surface area contributed by atoms with Crippen molar-refractivity contribution in [3.63, 3.8) is 0 Å². The number of aryl methyl sites for hydroxylation is 1. The Morgan fingerprint density at radius 3 is 2.38 bits per heavy atom. The summed E-state index contributed by atoms with van der Waals surface area (Å²) in [7, 11) is 1.51. The van der Waals surface area contributed by atoms with E-state index in [1.165, 1.54) is 7.11 Å². The number of carbonyl (C=O) groups is 2. The molecule has 2 rings (SSSR count). The molecular weight excluding hydrogens is 462 g/mol. The molecule has 0 unspecified atom stereocenters. The molecule has 0 fully saturated rings. The lowest BCUT2D eigenvalue weighted by atomic mass is 10.2. The molecule has 0 aromatic heterocycles. The number of methoxy groups -OCH3 is 1. The summed E-state index contributed by atoms with van der Waals surface area (Å²) in [6, 6.07) is 12.3. The van der Waals surface area contributed by atoms with Crippen LogP contribution in [0.1, 0.15) is 5.56 Å². The van der Waals surface area contributed by atoms with E-state index in [4.69, 9.17) is 26.4 Å². The molecule has 3 N–H and O–H groups in total. The topological polar surface area (TPSA) is 97.9 Å². The SMILES string of the molecule is COc1ccccc1OCC(=O)NC(=S)NNC(=O)COc1ccc(Br)c(C)c1. The Labute approximate surface area is 182 Å². The number of hydrazine groups is 1. The second-order valence-corrected chi connectivity index (χ2v) is 6.95. The normalized spacial score (nSPS) is 9.90. The zero-order chi connectivity index (χ0) is 21.2. The standard InChI is InChI=1S/C19H20BrN3O5S/c1-12-9-13(7-8-14(12)20)27-11-18(25)22-23-19(29)21-17(24)10-28-16-6-4-3-5-15(16)26-2/h3-9H,10-11H2,1-2H3,(H,22,25)(H2,21,23,24,29). The van der Waals surface area contributed by atoms with Crippen LogP contribution in [0.15, 0.2) is 46.9 Å². The second kappa shape index (κ2) is 11.2. The summed E-state index contributed by atoms with van der Waals surface area (Å²) in [5.74, 6) is 0.536. The predicted molar refractivity (Wildman–Crippen MR) is 115 cm³/mol. The monoisotopic (exact) mass is 481 g/mol. The maximum atomic E-state index is 11.9. The molecule has 0 aliphatic rings. The van der Waals surface area contributed by atoms with Crippen molar-refractivity contribution in [2.45, 2.75) is 6.92 Å². The summed E-state index contributed by atoms with van der Waals surface area (Å²) >= 11 is 8.35. The van der Waals surface area contributed by atoms with E-state index in [0.29, 0.717) is 17.2 Å². The number of halogens is 1. The first-order chi connectivity index (χ1) is 13.9. The molecule has 2 amide bonds. The largest absolute Gasteiger partial charge is 0.493 e. The van der Waals surface area contributed by atoms with Gasteiger partial charge in [0.15, 0.2) is 29.8 Å². The van der Waals surface area contributed by atoms with Crippen molar-refractivity contribution in [1.29, 1.82) is 0 Å². The number of rotatable bonds is 7. The van der Waals surface area contributed by atoms with E-state index >= 15 is 0 Å². The van der Waals surface area contributed by atoms with E-state index in [2.05, 4.69) is 32.1 Å². The number of nitrogens with one attached hydrogen (secondary N) is 3. The van der Waals surface area contributed by atoms with Crippen LogP contribution in [0.5, 0.6) is 17.2 Å². The van der Waals surface area contributed by atoms with Crippen LogP contribution in [0, 0.1) is 6.92 Å². The Hall–Kier alpha value is -2.85. The van der Waals surface area contributed by atoms with Gasteiger partial charge in [-0.1, -0.05) is 28.1 Å². The molecule has 0 aliphatic carbocycles. The van der Waals surface area contributed by atoms with Crippen LogP contribution >= 0.6 is 28.1 Å². The van der Waals surface area contributed by atoms with Gasteiger partial charge in [-0.15, -0.1) is 0 Å². The fourth-order valence-electron chi connectivity index (χ4n) is 2.09. The Kier molecular flexibility index (Phi) is 8.68. The number of hydrogen-bond donors (Lipinski definition) is 3. The summed E-state index contributed by atoms with van der Waals surface area (Å²) in [6.07, 6.45) is 0. The number of ether oxygens (including phenoxy) is 3. The quantitative estimate of drug-likeness (QED) is 0.412. The third-order valence-electron chi connectivity index (χ3n) is 3.50. The number of benzene rings is 2. The molecule has 2 aromatic rings. The molecule has 29 heavy (non-hydrogen) atoms. The molecule has 10 heteroatoms. The highest BCUT2D eigenvalue weighted by molar-refractivity contribution is 9.10. The van der Waals surface area contributed by atoms with Crippen molar-refractivity contribution in [2.24, 2.45) is 0 Å². The van der Waals surface area contributed by atoms with E-state index in [-0.39, 0.29) is 18.3 Å². The van der Waals surface area contributed by atoms with Crippen molar-refractivity contribution in [3.05, 3.63) is 52.5 Å². The summed E-state index contributed by atoms with van der Waals surface area (Å²) < 4.78 is 16.9. The van der Waals surface area contributed by atoms with E-state index in [1.54, 1.807) is 36.4 Å². The highest BCUT2D eigenvalue weighted by Gasteiger charge is 2.10. The van der Waals surface area contributed by atoms with Crippen molar-refractivity contribution < 1.29 is 23.8 Å². The van der Waals surface area contributed by atoms with Crippen LogP contribution < -0.4 is 30.4 Å². The molecule has 0 radical (unpaired) electrons. The lowest BCUT2D eigenvalue weighted by Crippen LogP contribution is -2.50. The number of para-hydroxylation sites is 2. The summed E-state index contributed by atoms with van der Waals surface area (Å²) in [5, 5.41) is 2.31. The van der Waals surface area contributed by atoms with Gasteiger partial charge in [0.25, 0.3) is 11.8 Å². The van der Waals surface area contributed by atoms with Crippen LogP contribution in [0.4, 0.5) is 0 Å². The van der Waals surface area contributed by atoms with Crippen LogP contribution in [0.25, 0.3) is 0 Å². The van der Waals surface area contributed by atoms with Gasteiger partial charge in [0.1, 0.15) is 5.75 Å². The Balaban J connectivity index is 1.68. The summed E-state index contributed by atoms with van der Waals surface area (Å²) in [4.78, 5) is 23.7. The maximum absolute atomic E-state index is 11.9. The molecule has 0 saturated carbocycles. The number of hydrogen-bond acceptors (Lipinski definition) is 6. The van der Waals surface area contributed by atoms with Gasteiger partial charge in [-0.05, 0) is 55.0 Å². The molecular formula is C19H20BrN3O5S. The van der Waals surface area contributed by atoms with Crippen LogP contribution in [0.3, 0.4) is 0 Å². The third-order valence-corrected chi connectivity index (χ3v) is 4.59. The van der Waals surface area contributed by atoms with Gasteiger partial charge in [-0.25, -0.2) is 0 Å². The Morgan fingerprint density at radius 1 is 1.00 bits per heavy atom. The third kappa shape index (κ3) is 7.59. The summed E-state index contributed by atoms with van der Waals surface area (Å²) in [5.41, 5.74) is 5.75. The van der Waals surface area contributed by atoms with Gasteiger partial charge in [0, 0.05) is 4.47 Å². The fraction of sp³-hybridized carbons (Fsp3) is 0.211. The van der Waals surface area contributed by atoms with E-state index in [1.807, 2.05) is 13.0 Å². The average Bonchev–Trinajstić information content (AvgIpc) is 2.71. The average molecular weight is 482 g/mol. The molecule has 0 saturated heterocycles. The minimum Gasteiger partial charge on any atom is -0.493 e. The molecule has 0 atom stereocenters.